The van der Waals surface area contributed by atoms with Crippen LogP contribution < -0.4 is 5.32 Å². The zero-order valence-corrected chi connectivity index (χ0v) is 19.6. The molecule has 1 unspecified atom stereocenters. The van der Waals surface area contributed by atoms with Crippen LogP contribution in [0.4, 0.5) is 0 Å². The first kappa shape index (κ1) is 23.3. The second-order valence-corrected chi connectivity index (χ2v) is 7.53. The van der Waals surface area contributed by atoms with Crippen molar-refractivity contribution in [3.63, 3.8) is 0 Å². The van der Waals surface area contributed by atoms with Crippen molar-refractivity contribution in [2.75, 3.05) is 39.9 Å². The molecule has 2 aliphatic rings. The maximum atomic E-state index is 6.12. The summed E-state index contributed by atoms with van der Waals surface area (Å²) in [5.74, 6) is 0.996. The highest BCUT2D eigenvalue weighted by atomic mass is 127. The standard InChI is InChI=1S/C21H34N4O2.HI/c1-17-15-23-10-6-18(17)7-11-24-21(22-2)25-12-8-19(9-13-25)27-16-20-5-3-4-14-26-20;/h6,10,15,19-20H,3-5,7-9,11-14,16H2,1-2H3,(H,22,24);1H. The van der Waals surface area contributed by atoms with Gasteiger partial charge in [0.15, 0.2) is 5.96 Å². The van der Waals surface area contributed by atoms with E-state index in [0.29, 0.717) is 12.2 Å². The highest BCUT2D eigenvalue weighted by molar-refractivity contribution is 14.0. The molecule has 0 amide bonds. The van der Waals surface area contributed by atoms with Crippen LogP contribution in [0.5, 0.6) is 0 Å². The van der Waals surface area contributed by atoms with Crippen LogP contribution in [-0.4, -0.2) is 67.9 Å². The molecule has 1 N–H and O–H groups in total. The number of aryl methyl sites for hydroxylation is 1. The number of aromatic nitrogens is 1. The van der Waals surface area contributed by atoms with E-state index in [-0.39, 0.29) is 24.0 Å². The Hall–Kier alpha value is -0.930. The first-order valence-corrected chi connectivity index (χ1v) is 10.3. The lowest BCUT2D eigenvalue weighted by atomic mass is 10.1. The first-order chi connectivity index (χ1) is 13.3. The van der Waals surface area contributed by atoms with E-state index >= 15 is 0 Å². The summed E-state index contributed by atoms with van der Waals surface area (Å²) >= 11 is 0. The molecule has 0 aromatic carbocycles. The zero-order valence-electron chi connectivity index (χ0n) is 17.2. The van der Waals surface area contributed by atoms with E-state index in [1.807, 2.05) is 19.4 Å². The Morgan fingerprint density at radius 1 is 1.32 bits per heavy atom. The number of rotatable bonds is 6. The van der Waals surface area contributed by atoms with Crippen LogP contribution >= 0.6 is 24.0 Å². The van der Waals surface area contributed by atoms with E-state index in [0.717, 1.165) is 64.5 Å². The van der Waals surface area contributed by atoms with Crippen molar-refractivity contribution in [1.82, 2.24) is 15.2 Å². The molecule has 2 fully saturated rings. The van der Waals surface area contributed by atoms with Crippen LogP contribution in [0.25, 0.3) is 0 Å². The van der Waals surface area contributed by atoms with E-state index < -0.39 is 0 Å². The van der Waals surface area contributed by atoms with E-state index in [4.69, 9.17) is 9.47 Å². The van der Waals surface area contributed by atoms with Gasteiger partial charge >= 0.3 is 0 Å². The number of guanidine groups is 1. The molecular weight excluding hydrogens is 467 g/mol. The second kappa shape index (κ2) is 12.6. The van der Waals surface area contributed by atoms with Crippen molar-refractivity contribution < 1.29 is 9.47 Å². The molecule has 3 rings (SSSR count). The lowest BCUT2D eigenvalue weighted by molar-refractivity contribution is -0.0721. The summed E-state index contributed by atoms with van der Waals surface area (Å²) in [4.78, 5) is 11.0. The number of piperidine rings is 1. The quantitative estimate of drug-likeness (QED) is 0.368. The van der Waals surface area contributed by atoms with Gasteiger partial charge in [0.1, 0.15) is 0 Å². The minimum Gasteiger partial charge on any atom is -0.376 e. The third-order valence-electron chi connectivity index (χ3n) is 5.56. The molecule has 0 aliphatic carbocycles. The molecule has 0 bridgehead atoms. The number of aliphatic imine (C=N–C) groups is 1. The highest BCUT2D eigenvalue weighted by Crippen LogP contribution is 2.18. The number of pyridine rings is 1. The van der Waals surface area contributed by atoms with Crippen molar-refractivity contribution in [3.05, 3.63) is 29.6 Å². The Balaban J connectivity index is 0.00000280. The van der Waals surface area contributed by atoms with Gasteiger partial charge in [-0.2, -0.15) is 0 Å². The smallest absolute Gasteiger partial charge is 0.193 e. The minimum absolute atomic E-state index is 0. The predicted molar refractivity (Wildman–Crippen MR) is 124 cm³/mol. The highest BCUT2D eigenvalue weighted by Gasteiger charge is 2.23. The Bertz CT molecular complexity index is 600. The van der Waals surface area contributed by atoms with Crippen LogP contribution in [-0.2, 0) is 15.9 Å². The molecule has 158 valence electrons. The summed E-state index contributed by atoms with van der Waals surface area (Å²) in [5.41, 5.74) is 2.58. The molecule has 1 aromatic heterocycles. The van der Waals surface area contributed by atoms with Crippen LogP contribution in [0.15, 0.2) is 23.5 Å². The monoisotopic (exact) mass is 502 g/mol. The molecule has 0 spiro atoms. The fraction of sp³-hybridized carbons (Fsp3) is 0.714. The summed E-state index contributed by atoms with van der Waals surface area (Å²) in [5, 5.41) is 3.51. The average Bonchev–Trinajstić information content (AvgIpc) is 2.72. The van der Waals surface area contributed by atoms with Crippen LogP contribution in [0, 0.1) is 6.92 Å². The van der Waals surface area contributed by atoms with E-state index in [1.165, 1.54) is 24.0 Å². The largest absolute Gasteiger partial charge is 0.376 e. The number of hydrogen-bond acceptors (Lipinski definition) is 4. The van der Waals surface area contributed by atoms with Gasteiger partial charge in [0.2, 0.25) is 0 Å². The van der Waals surface area contributed by atoms with Gasteiger partial charge in [-0.3, -0.25) is 9.98 Å². The first-order valence-electron chi connectivity index (χ1n) is 10.3. The van der Waals surface area contributed by atoms with Crippen molar-refractivity contribution in [2.45, 2.75) is 57.7 Å². The number of halogens is 1. The fourth-order valence-corrected chi connectivity index (χ4v) is 3.84. The molecule has 0 saturated carbocycles. The van der Waals surface area contributed by atoms with Crippen LogP contribution in [0.2, 0.25) is 0 Å². The van der Waals surface area contributed by atoms with Gasteiger partial charge in [-0.05, 0) is 62.6 Å². The van der Waals surface area contributed by atoms with Crippen molar-refractivity contribution >= 4 is 29.9 Å². The van der Waals surface area contributed by atoms with E-state index in [2.05, 4.69) is 33.2 Å². The third kappa shape index (κ3) is 7.15. The van der Waals surface area contributed by atoms with Gasteiger partial charge in [0, 0.05) is 45.7 Å². The second-order valence-electron chi connectivity index (χ2n) is 7.53. The van der Waals surface area contributed by atoms with Gasteiger partial charge in [0.25, 0.3) is 0 Å². The maximum absolute atomic E-state index is 6.12. The molecule has 1 atom stereocenters. The van der Waals surface area contributed by atoms with Crippen LogP contribution in [0.3, 0.4) is 0 Å². The van der Waals surface area contributed by atoms with Gasteiger partial charge in [-0.25, -0.2) is 0 Å². The van der Waals surface area contributed by atoms with E-state index in [1.54, 1.807) is 0 Å². The van der Waals surface area contributed by atoms with Gasteiger partial charge in [0.05, 0.1) is 18.8 Å². The molecule has 2 aliphatic heterocycles. The predicted octanol–water partition coefficient (Wildman–Crippen LogP) is 3.18. The SMILES string of the molecule is CN=C(NCCc1ccncc1C)N1CCC(OCC2CCCCO2)CC1.I. The van der Waals surface area contributed by atoms with Gasteiger partial charge < -0.3 is 19.7 Å². The fourth-order valence-electron chi connectivity index (χ4n) is 3.84. The van der Waals surface area contributed by atoms with Gasteiger partial charge in [-0.15, -0.1) is 24.0 Å². The number of hydrogen-bond donors (Lipinski definition) is 1. The molecule has 6 nitrogen and oxygen atoms in total. The normalized spacial score (nSPS) is 21.3. The molecule has 3 heterocycles. The molecule has 7 heteroatoms. The topological polar surface area (TPSA) is 59.0 Å². The lowest BCUT2D eigenvalue weighted by Crippen LogP contribution is -2.47. The summed E-state index contributed by atoms with van der Waals surface area (Å²) in [6.07, 6.45) is 11.1. The summed E-state index contributed by atoms with van der Waals surface area (Å²) < 4.78 is 11.9. The van der Waals surface area contributed by atoms with Crippen molar-refractivity contribution in [2.24, 2.45) is 4.99 Å². The average molecular weight is 502 g/mol. The zero-order chi connectivity index (χ0) is 18.9. The number of likely N-dealkylation sites (tertiary alicyclic amines) is 1. The summed E-state index contributed by atoms with van der Waals surface area (Å²) in [6, 6.07) is 2.10. The number of ether oxygens (including phenoxy) is 2. The van der Waals surface area contributed by atoms with Crippen molar-refractivity contribution in [3.8, 4) is 0 Å². The molecule has 2 saturated heterocycles. The minimum atomic E-state index is 0. The lowest BCUT2D eigenvalue weighted by Gasteiger charge is -2.35. The number of nitrogens with zero attached hydrogens (tertiary/aromatic N) is 3. The molecular formula is C21H35IN4O2. The maximum Gasteiger partial charge on any atom is 0.193 e. The Morgan fingerprint density at radius 3 is 2.82 bits per heavy atom. The van der Waals surface area contributed by atoms with Gasteiger partial charge in [-0.1, -0.05) is 0 Å². The Morgan fingerprint density at radius 2 is 2.14 bits per heavy atom. The van der Waals surface area contributed by atoms with Crippen LogP contribution in [0.1, 0.15) is 43.2 Å². The third-order valence-corrected chi connectivity index (χ3v) is 5.56. The molecule has 1 aromatic rings. The van der Waals surface area contributed by atoms with E-state index in [9.17, 15) is 0 Å². The Kier molecular flexibility index (Phi) is 10.5. The number of nitrogens with one attached hydrogen (secondary N) is 1. The van der Waals surface area contributed by atoms with Crippen molar-refractivity contribution in [1.29, 1.82) is 0 Å². The molecule has 28 heavy (non-hydrogen) atoms. The summed E-state index contributed by atoms with van der Waals surface area (Å²) in [6.45, 7) is 6.62. The Labute approximate surface area is 186 Å². The molecule has 0 radical (unpaired) electrons. The summed E-state index contributed by atoms with van der Waals surface area (Å²) in [7, 11) is 1.86.